The molecule has 0 unspecified atom stereocenters. The van der Waals surface area contributed by atoms with Crippen molar-refractivity contribution in [1.82, 2.24) is 5.43 Å². The van der Waals surface area contributed by atoms with Crippen LogP contribution >= 0.6 is 0 Å². The lowest BCUT2D eigenvalue weighted by Gasteiger charge is -2.02. The van der Waals surface area contributed by atoms with Gasteiger partial charge in [0.15, 0.2) is 0 Å². The van der Waals surface area contributed by atoms with Crippen LogP contribution in [-0.2, 0) is 6.42 Å². The van der Waals surface area contributed by atoms with Crippen molar-refractivity contribution in [2.75, 3.05) is 0 Å². The number of aromatic hydroxyl groups is 1. The first-order valence-electron chi connectivity index (χ1n) is 4.94. The molecule has 0 saturated carbocycles. The van der Waals surface area contributed by atoms with E-state index >= 15 is 0 Å². The number of hydrogen-bond acceptors (Lipinski definition) is 3. The first kappa shape index (κ1) is 12.0. The second-order valence-electron chi connectivity index (χ2n) is 3.49. The van der Waals surface area contributed by atoms with E-state index in [2.05, 4.69) is 10.5 Å². The zero-order valence-electron chi connectivity index (χ0n) is 9.10. The highest BCUT2D eigenvalue weighted by atomic mass is 16.3. The smallest absolute Gasteiger partial charge is 0.332 e. The highest BCUT2D eigenvalue weighted by Gasteiger charge is 1.97. The molecule has 0 radical (unpaired) electrons. The number of rotatable bonds is 4. The molecule has 0 aromatic heterocycles. The van der Waals surface area contributed by atoms with Gasteiger partial charge in [0.05, 0.1) is 0 Å². The van der Waals surface area contributed by atoms with Crippen LogP contribution in [0.5, 0.6) is 5.75 Å². The normalized spacial score (nSPS) is 11.2. The van der Waals surface area contributed by atoms with Crippen LogP contribution in [0.2, 0.25) is 0 Å². The van der Waals surface area contributed by atoms with E-state index < -0.39 is 6.03 Å². The molecule has 1 aromatic carbocycles. The van der Waals surface area contributed by atoms with Crippen LogP contribution in [0.15, 0.2) is 29.4 Å². The van der Waals surface area contributed by atoms with Gasteiger partial charge < -0.3 is 10.8 Å². The third-order valence-electron chi connectivity index (χ3n) is 2.07. The molecule has 0 bridgehead atoms. The molecule has 0 fully saturated rings. The Morgan fingerprint density at radius 1 is 1.44 bits per heavy atom. The summed E-state index contributed by atoms with van der Waals surface area (Å²) in [5.74, 6) is 0.254. The topological polar surface area (TPSA) is 87.7 Å². The fourth-order valence-electron chi connectivity index (χ4n) is 1.19. The van der Waals surface area contributed by atoms with E-state index in [1.165, 1.54) is 0 Å². The molecule has 5 heteroatoms. The van der Waals surface area contributed by atoms with E-state index in [-0.39, 0.29) is 5.75 Å². The summed E-state index contributed by atoms with van der Waals surface area (Å²) in [4.78, 5) is 10.4. The molecular formula is C11H15N3O2. The molecule has 0 aliphatic heterocycles. The second kappa shape index (κ2) is 5.75. The van der Waals surface area contributed by atoms with Crippen molar-refractivity contribution in [2.45, 2.75) is 19.8 Å². The van der Waals surface area contributed by atoms with E-state index in [0.717, 1.165) is 24.1 Å². The Morgan fingerprint density at radius 2 is 2.06 bits per heavy atom. The molecule has 0 aliphatic rings. The van der Waals surface area contributed by atoms with Crippen molar-refractivity contribution in [3.63, 3.8) is 0 Å². The number of hydrogen-bond donors (Lipinski definition) is 3. The zero-order valence-corrected chi connectivity index (χ0v) is 9.10. The Bertz CT molecular complexity index is 385. The van der Waals surface area contributed by atoms with E-state index in [1.807, 2.05) is 19.1 Å². The highest BCUT2D eigenvalue weighted by molar-refractivity contribution is 5.83. The van der Waals surface area contributed by atoms with Crippen LogP contribution < -0.4 is 11.2 Å². The molecule has 0 atom stereocenters. The molecule has 16 heavy (non-hydrogen) atoms. The number of nitrogens with zero attached hydrogens (tertiary/aromatic N) is 1. The number of benzene rings is 1. The van der Waals surface area contributed by atoms with Crippen molar-refractivity contribution in [3.8, 4) is 5.75 Å². The number of nitrogens with two attached hydrogens (primary N) is 1. The van der Waals surface area contributed by atoms with Crippen LogP contribution in [-0.4, -0.2) is 16.8 Å². The molecule has 2 amide bonds. The quantitative estimate of drug-likeness (QED) is 0.529. The standard InChI is InChI=1S/C11H15N3O2/c1-8(13-14-11(12)16)2-3-9-4-6-10(15)7-5-9/h4-7,15H,2-3H2,1H3,(H3,12,14,16)/b13-8+. The van der Waals surface area contributed by atoms with Crippen LogP contribution in [0.3, 0.4) is 0 Å². The number of urea groups is 1. The fraction of sp³-hybridized carbons (Fsp3) is 0.273. The van der Waals surface area contributed by atoms with Crippen molar-refractivity contribution in [1.29, 1.82) is 0 Å². The maximum atomic E-state index is 10.4. The van der Waals surface area contributed by atoms with E-state index in [1.54, 1.807) is 12.1 Å². The summed E-state index contributed by atoms with van der Waals surface area (Å²) in [7, 11) is 0. The maximum Gasteiger partial charge on any atom is 0.332 e. The summed E-state index contributed by atoms with van der Waals surface area (Å²) < 4.78 is 0. The monoisotopic (exact) mass is 221 g/mol. The second-order valence-corrected chi connectivity index (χ2v) is 3.49. The molecule has 0 aliphatic carbocycles. The first-order chi connectivity index (χ1) is 7.58. The number of hydrazone groups is 1. The molecule has 4 N–H and O–H groups in total. The predicted octanol–water partition coefficient (Wildman–Crippen LogP) is 1.37. The summed E-state index contributed by atoms with van der Waals surface area (Å²) in [5, 5.41) is 12.9. The Labute approximate surface area is 94.0 Å². The fourth-order valence-corrected chi connectivity index (χ4v) is 1.19. The minimum Gasteiger partial charge on any atom is -0.508 e. The van der Waals surface area contributed by atoms with Gasteiger partial charge in [-0.05, 0) is 37.5 Å². The zero-order chi connectivity index (χ0) is 12.0. The lowest BCUT2D eigenvalue weighted by atomic mass is 10.1. The summed E-state index contributed by atoms with van der Waals surface area (Å²) in [6.07, 6.45) is 1.53. The van der Waals surface area contributed by atoms with E-state index in [4.69, 9.17) is 10.8 Å². The van der Waals surface area contributed by atoms with Gasteiger partial charge >= 0.3 is 6.03 Å². The van der Waals surface area contributed by atoms with Crippen LogP contribution in [0.1, 0.15) is 18.9 Å². The number of carbonyl (C=O) groups excluding carboxylic acids is 1. The number of nitrogens with one attached hydrogen (secondary N) is 1. The van der Waals surface area contributed by atoms with E-state index in [0.29, 0.717) is 0 Å². The van der Waals surface area contributed by atoms with Crippen LogP contribution in [0.4, 0.5) is 4.79 Å². The summed E-state index contributed by atoms with van der Waals surface area (Å²) in [5.41, 5.74) is 8.96. The largest absolute Gasteiger partial charge is 0.508 e. The Hall–Kier alpha value is -2.04. The van der Waals surface area contributed by atoms with Crippen molar-refractivity contribution in [2.24, 2.45) is 10.8 Å². The number of primary amides is 1. The average Bonchev–Trinajstić information content (AvgIpc) is 2.25. The van der Waals surface area contributed by atoms with Gasteiger partial charge in [-0.2, -0.15) is 5.10 Å². The molecule has 0 saturated heterocycles. The van der Waals surface area contributed by atoms with E-state index in [9.17, 15) is 4.79 Å². The van der Waals surface area contributed by atoms with Gasteiger partial charge in [-0.3, -0.25) is 0 Å². The Balaban J connectivity index is 2.42. The lowest BCUT2D eigenvalue weighted by molar-refractivity contribution is 0.249. The van der Waals surface area contributed by atoms with Crippen LogP contribution in [0.25, 0.3) is 0 Å². The Kier molecular flexibility index (Phi) is 4.32. The van der Waals surface area contributed by atoms with Gasteiger partial charge in [-0.15, -0.1) is 0 Å². The molecule has 86 valence electrons. The predicted molar refractivity (Wildman–Crippen MR) is 62.3 cm³/mol. The minimum absolute atomic E-state index is 0.254. The minimum atomic E-state index is -0.663. The van der Waals surface area contributed by atoms with Gasteiger partial charge in [0, 0.05) is 5.71 Å². The van der Waals surface area contributed by atoms with Gasteiger partial charge in [-0.1, -0.05) is 12.1 Å². The van der Waals surface area contributed by atoms with Crippen molar-refractivity contribution in [3.05, 3.63) is 29.8 Å². The number of phenols is 1. The first-order valence-corrected chi connectivity index (χ1v) is 4.94. The highest BCUT2D eigenvalue weighted by Crippen LogP contribution is 2.11. The number of amides is 2. The van der Waals surface area contributed by atoms with Gasteiger partial charge in [-0.25, -0.2) is 10.2 Å². The van der Waals surface area contributed by atoms with Crippen molar-refractivity contribution >= 4 is 11.7 Å². The number of phenolic OH excluding ortho intramolecular Hbond substituents is 1. The molecule has 5 nitrogen and oxygen atoms in total. The van der Waals surface area contributed by atoms with Gasteiger partial charge in [0.1, 0.15) is 5.75 Å². The Morgan fingerprint density at radius 3 is 2.62 bits per heavy atom. The third kappa shape index (κ3) is 4.45. The van der Waals surface area contributed by atoms with Crippen molar-refractivity contribution < 1.29 is 9.90 Å². The maximum absolute atomic E-state index is 10.4. The molecule has 0 spiro atoms. The SMILES string of the molecule is C/C(CCc1ccc(O)cc1)=N\NC(N)=O. The van der Waals surface area contributed by atoms with Gasteiger partial charge in [0.25, 0.3) is 0 Å². The molecule has 1 aromatic rings. The van der Waals surface area contributed by atoms with Crippen LogP contribution in [0, 0.1) is 0 Å². The lowest BCUT2D eigenvalue weighted by Crippen LogP contribution is -2.25. The average molecular weight is 221 g/mol. The molecular weight excluding hydrogens is 206 g/mol. The molecule has 0 heterocycles. The number of aryl methyl sites for hydroxylation is 1. The summed E-state index contributed by atoms with van der Waals surface area (Å²) in [6.45, 7) is 1.82. The summed E-state index contributed by atoms with van der Waals surface area (Å²) >= 11 is 0. The van der Waals surface area contributed by atoms with Gasteiger partial charge in [0.2, 0.25) is 0 Å². The number of carbonyl (C=O) groups is 1. The third-order valence-corrected chi connectivity index (χ3v) is 2.07. The molecule has 1 rings (SSSR count). The summed E-state index contributed by atoms with van der Waals surface area (Å²) in [6, 6.07) is 6.32.